The Labute approximate surface area is 216 Å². The lowest BCUT2D eigenvalue weighted by Gasteiger charge is -2.47. The quantitative estimate of drug-likeness (QED) is 0.532. The van der Waals surface area contributed by atoms with Crippen molar-refractivity contribution in [1.29, 1.82) is 0 Å². The molecule has 2 saturated heterocycles. The summed E-state index contributed by atoms with van der Waals surface area (Å²) >= 11 is 0. The molecule has 1 unspecified atom stereocenters. The number of Topliss-reactive ketones (excluding diaryl/α,β-unsaturated/α-hetero) is 1. The van der Waals surface area contributed by atoms with Crippen LogP contribution in [0.1, 0.15) is 67.5 Å². The van der Waals surface area contributed by atoms with Crippen LogP contribution in [0.2, 0.25) is 0 Å². The van der Waals surface area contributed by atoms with E-state index in [-0.39, 0.29) is 19.7 Å². The van der Waals surface area contributed by atoms with Crippen LogP contribution in [0, 0.1) is 17.6 Å². The van der Waals surface area contributed by atoms with Crippen LogP contribution in [0.4, 0.5) is 18.4 Å². The zero-order valence-corrected chi connectivity index (χ0v) is 20.8. The highest BCUT2D eigenvalue weighted by atomic mass is 19.2. The van der Waals surface area contributed by atoms with Crippen LogP contribution in [0.3, 0.4) is 0 Å². The number of rotatable bonds is 6. The second kappa shape index (κ2) is 10.6. The molecule has 198 valence electrons. The Morgan fingerprint density at radius 2 is 1.78 bits per heavy atom. The maximum Gasteiger partial charge on any atom is 0.418 e. The van der Waals surface area contributed by atoms with E-state index in [0.717, 1.165) is 61.4 Å². The number of carbonyl (C=O) groups is 3. The van der Waals surface area contributed by atoms with Crippen molar-refractivity contribution < 1.29 is 29.3 Å². The summed E-state index contributed by atoms with van der Waals surface area (Å²) in [5, 5.41) is 2.81. The zero-order chi connectivity index (χ0) is 26.1. The van der Waals surface area contributed by atoms with E-state index in [1.54, 1.807) is 6.92 Å². The number of hydrogen-bond donors (Lipinski definition) is 1. The van der Waals surface area contributed by atoms with E-state index in [9.17, 15) is 23.2 Å². The van der Waals surface area contributed by atoms with Crippen molar-refractivity contribution in [1.82, 2.24) is 15.1 Å². The molecule has 2 aromatic rings. The highest BCUT2D eigenvalue weighted by Gasteiger charge is 2.40. The van der Waals surface area contributed by atoms with E-state index in [1.165, 1.54) is 11.6 Å². The molecule has 1 saturated carbocycles. The average molecular weight is 514 g/mol. The van der Waals surface area contributed by atoms with Crippen LogP contribution < -0.4 is 5.32 Å². The molecule has 3 amide bonds. The molecule has 2 aromatic carbocycles. The summed E-state index contributed by atoms with van der Waals surface area (Å²) in [5.41, 5.74) is 2.30. The Morgan fingerprint density at radius 3 is 2.49 bits per heavy atom. The summed E-state index contributed by atoms with van der Waals surface area (Å²) in [4.78, 5) is 40.3. The third-order valence-electron chi connectivity index (χ3n) is 7.94. The van der Waals surface area contributed by atoms with Crippen molar-refractivity contribution in [2.45, 2.75) is 50.6 Å². The molecular formula is C28H33F2N3O4. The first-order valence-electron chi connectivity index (χ1n) is 12.8. The van der Waals surface area contributed by atoms with Crippen molar-refractivity contribution in [3.63, 3.8) is 0 Å². The van der Waals surface area contributed by atoms with Gasteiger partial charge in [0.1, 0.15) is 12.6 Å². The fraction of sp³-hybridized carbons (Fsp3) is 0.464. The zero-order valence-electron chi connectivity index (χ0n) is 20.8. The predicted molar refractivity (Wildman–Crippen MR) is 134 cm³/mol. The topological polar surface area (TPSA) is 79.0 Å². The molecule has 0 radical (unpaired) electrons. The number of amides is 3. The third-order valence-corrected chi connectivity index (χ3v) is 7.94. The molecule has 0 spiro atoms. The van der Waals surface area contributed by atoms with Gasteiger partial charge in [-0.2, -0.15) is 0 Å². The molecule has 3 fully saturated rings. The summed E-state index contributed by atoms with van der Waals surface area (Å²) in [6.45, 7) is 3.69. The minimum atomic E-state index is -1.04. The minimum absolute atomic E-state index is 0. The molecule has 5 rings (SSSR count). The van der Waals surface area contributed by atoms with E-state index in [0.29, 0.717) is 24.1 Å². The highest BCUT2D eigenvalue weighted by Crippen LogP contribution is 2.38. The first kappa shape index (κ1) is 25.3. The Kier molecular flexibility index (Phi) is 7.24. The number of carbonyl (C=O) groups excluding carboxylic acids is 3. The largest absolute Gasteiger partial charge is 0.446 e. The van der Waals surface area contributed by atoms with Gasteiger partial charge in [-0.25, -0.2) is 23.3 Å². The molecule has 0 aromatic heterocycles. The van der Waals surface area contributed by atoms with E-state index < -0.39 is 29.8 Å². The molecule has 2 heterocycles. The maximum absolute atomic E-state index is 13.7. The molecule has 7 nitrogen and oxygen atoms in total. The van der Waals surface area contributed by atoms with E-state index in [4.69, 9.17) is 4.74 Å². The van der Waals surface area contributed by atoms with Crippen molar-refractivity contribution in [3.8, 4) is 0 Å². The van der Waals surface area contributed by atoms with Gasteiger partial charge >= 0.3 is 12.1 Å². The molecule has 1 aliphatic carbocycles. The Bertz CT molecular complexity index is 1200. The van der Waals surface area contributed by atoms with E-state index in [1.807, 2.05) is 18.2 Å². The monoisotopic (exact) mass is 513 g/mol. The summed E-state index contributed by atoms with van der Waals surface area (Å²) < 4.78 is 32.0. The van der Waals surface area contributed by atoms with Gasteiger partial charge in [0, 0.05) is 38.6 Å². The Morgan fingerprint density at radius 1 is 1.05 bits per heavy atom. The maximum atomic E-state index is 13.7. The number of urea groups is 1. The van der Waals surface area contributed by atoms with Gasteiger partial charge in [0.25, 0.3) is 0 Å². The van der Waals surface area contributed by atoms with E-state index in [2.05, 4.69) is 16.3 Å². The summed E-state index contributed by atoms with van der Waals surface area (Å²) in [6.07, 6.45) is 3.45. The van der Waals surface area contributed by atoms with Crippen molar-refractivity contribution in [3.05, 3.63) is 70.8 Å². The number of cyclic esters (lactones) is 1. The van der Waals surface area contributed by atoms with Gasteiger partial charge in [-0.3, -0.25) is 9.69 Å². The number of nitrogens with one attached hydrogen (secondary N) is 1. The summed E-state index contributed by atoms with van der Waals surface area (Å²) in [5.74, 6) is -1.22. The van der Waals surface area contributed by atoms with Gasteiger partial charge in [-0.1, -0.05) is 30.3 Å². The number of halogens is 2. The molecule has 37 heavy (non-hydrogen) atoms. The lowest BCUT2D eigenvalue weighted by atomic mass is 9.78. The fourth-order valence-electron chi connectivity index (χ4n) is 5.89. The number of hydrogen-bond acceptors (Lipinski definition) is 5. The van der Waals surface area contributed by atoms with Gasteiger partial charge in [-0.15, -0.1) is 0 Å². The van der Waals surface area contributed by atoms with Crippen LogP contribution in [0.5, 0.6) is 0 Å². The van der Waals surface area contributed by atoms with Crippen LogP contribution >= 0.6 is 0 Å². The van der Waals surface area contributed by atoms with Gasteiger partial charge in [0.2, 0.25) is 0 Å². The number of benzene rings is 2. The van der Waals surface area contributed by atoms with Crippen LogP contribution in [0.25, 0.3) is 0 Å². The average Bonchev–Trinajstić information content (AvgIpc) is 3.26. The number of ether oxygens (including phenoxy) is 1. The van der Waals surface area contributed by atoms with Crippen molar-refractivity contribution in [2.75, 3.05) is 26.2 Å². The fourth-order valence-corrected chi connectivity index (χ4v) is 5.89. The normalized spacial score (nSPS) is 24.5. The molecule has 0 bridgehead atoms. The molecule has 3 aliphatic rings. The summed E-state index contributed by atoms with van der Waals surface area (Å²) in [6, 6.07) is 10.3. The van der Waals surface area contributed by atoms with Crippen LogP contribution in [-0.4, -0.2) is 60.0 Å². The SMILES string of the molecule is CC(=O)c1ccccc1C1CCC(N2CC(CNC(=O)N3C(=O)OCC3c3ccc(F)c(F)c3)C2)CC1.[HH]. The third kappa shape index (κ3) is 5.23. The summed E-state index contributed by atoms with van der Waals surface area (Å²) in [7, 11) is 0. The lowest BCUT2D eigenvalue weighted by Crippen LogP contribution is -2.56. The van der Waals surface area contributed by atoms with Crippen molar-refractivity contribution in [2.24, 2.45) is 5.92 Å². The van der Waals surface area contributed by atoms with Crippen LogP contribution in [-0.2, 0) is 4.74 Å². The lowest BCUT2D eigenvalue weighted by molar-refractivity contribution is 0.0334. The molecular weight excluding hydrogens is 480 g/mol. The predicted octanol–water partition coefficient (Wildman–Crippen LogP) is 5.27. The first-order valence-corrected chi connectivity index (χ1v) is 12.8. The minimum Gasteiger partial charge on any atom is -0.446 e. The second-order valence-corrected chi connectivity index (χ2v) is 10.3. The van der Waals surface area contributed by atoms with E-state index >= 15 is 0 Å². The number of ketones is 1. The van der Waals surface area contributed by atoms with Crippen molar-refractivity contribution >= 4 is 17.9 Å². The first-order chi connectivity index (χ1) is 17.8. The van der Waals surface area contributed by atoms with Gasteiger partial charge in [-0.05, 0) is 61.8 Å². The van der Waals surface area contributed by atoms with Gasteiger partial charge in [0.15, 0.2) is 17.4 Å². The highest BCUT2D eigenvalue weighted by molar-refractivity contribution is 5.95. The van der Waals surface area contributed by atoms with Gasteiger partial charge < -0.3 is 10.1 Å². The van der Waals surface area contributed by atoms with Gasteiger partial charge in [0.05, 0.1) is 0 Å². The Balaban J connectivity index is 0.00000336. The number of nitrogens with zero attached hydrogens (tertiary/aromatic N) is 2. The molecule has 9 heteroatoms. The standard InChI is InChI=1S/C28H31F2N3O4.H2/c1-17(34)22-4-2-3-5-23(22)19-6-9-21(10-7-19)32-14-18(15-32)13-31-27(35)33-26(16-37-28(33)36)20-8-11-24(29)25(30)12-20;/h2-5,8,11-12,18-19,21,26H,6-7,9-10,13-16H2,1H3,(H,31,35);1H. The van der Waals surface area contributed by atoms with Crippen LogP contribution in [0.15, 0.2) is 42.5 Å². The molecule has 1 atom stereocenters. The number of imide groups is 1. The Hall–Kier alpha value is -3.33. The molecule has 1 N–H and O–H groups in total. The smallest absolute Gasteiger partial charge is 0.418 e. The second-order valence-electron chi connectivity index (χ2n) is 10.3. The number of likely N-dealkylation sites (tertiary alicyclic amines) is 1. The molecule has 2 aliphatic heterocycles.